The second-order valence-corrected chi connectivity index (χ2v) is 9.63. The fraction of sp³-hybridized carbons (Fsp3) is 0.367. The predicted molar refractivity (Wildman–Crippen MR) is 145 cm³/mol. The molecule has 39 heavy (non-hydrogen) atoms. The molecule has 1 N–H and O–H groups in total. The maximum Gasteiger partial charge on any atom is 0.295 e. The van der Waals surface area contributed by atoms with Gasteiger partial charge in [-0.3, -0.25) is 9.59 Å². The Hall–Kier alpha value is -4.27. The normalized spacial score (nSPS) is 18.0. The third kappa shape index (κ3) is 5.77. The highest BCUT2D eigenvalue weighted by Gasteiger charge is 2.46. The van der Waals surface area contributed by atoms with Crippen LogP contribution in [0.25, 0.3) is 5.76 Å². The Morgan fingerprint density at radius 1 is 1.05 bits per heavy atom. The molecule has 204 valence electrons. The van der Waals surface area contributed by atoms with Crippen LogP contribution in [0.2, 0.25) is 0 Å². The molecule has 9 nitrogen and oxygen atoms in total. The molecule has 3 heterocycles. The summed E-state index contributed by atoms with van der Waals surface area (Å²) in [6, 6.07) is 11.7. The van der Waals surface area contributed by atoms with Gasteiger partial charge in [0, 0.05) is 31.0 Å². The quantitative estimate of drug-likeness (QED) is 0.165. The number of imidazole rings is 1. The first-order valence-electron chi connectivity index (χ1n) is 13.4. The van der Waals surface area contributed by atoms with Gasteiger partial charge in [0.1, 0.15) is 24.7 Å². The second-order valence-electron chi connectivity index (χ2n) is 9.63. The Kier molecular flexibility index (Phi) is 8.15. The number of hydrogen-bond donors (Lipinski definition) is 1. The minimum absolute atomic E-state index is 0.0439. The van der Waals surface area contributed by atoms with E-state index in [1.54, 1.807) is 35.6 Å². The molecule has 2 aromatic carbocycles. The lowest BCUT2D eigenvalue weighted by Gasteiger charge is -2.26. The molecule has 2 aliphatic heterocycles. The van der Waals surface area contributed by atoms with Crippen molar-refractivity contribution in [2.45, 2.75) is 45.2 Å². The van der Waals surface area contributed by atoms with Crippen LogP contribution < -0.4 is 14.2 Å². The number of likely N-dealkylation sites (tertiary alicyclic amines) is 1. The molecule has 0 spiro atoms. The maximum atomic E-state index is 13.4. The lowest BCUT2D eigenvalue weighted by atomic mass is 9.95. The van der Waals surface area contributed by atoms with Crippen LogP contribution in [-0.2, 0) is 16.1 Å². The number of Topliss-reactive ketones (excluding diaryl/α,β-unsaturated/α-hetero) is 1. The van der Waals surface area contributed by atoms with Crippen LogP contribution in [0.4, 0.5) is 0 Å². The molecule has 5 rings (SSSR count). The van der Waals surface area contributed by atoms with E-state index >= 15 is 0 Å². The van der Waals surface area contributed by atoms with Gasteiger partial charge < -0.3 is 28.8 Å². The van der Waals surface area contributed by atoms with Gasteiger partial charge in [-0.05, 0) is 48.7 Å². The third-order valence-corrected chi connectivity index (χ3v) is 6.92. The fourth-order valence-electron chi connectivity index (χ4n) is 4.96. The van der Waals surface area contributed by atoms with Crippen molar-refractivity contribution in [2.75, 3.05) is 26.4 Å². The van der Waals surface area contributed by atoms with Crippen LogP contribution in [0.1, 0.15) is 49.8 Å². The lowest BCUT2D eigenvalue weighted by molar-refractivity contribution is -0.139. The summed E-state index contributed by atoms with van der Waals surface area (Å²) >= 11 is 0. The van der Waals surface area contributed by atoms with Crippen molar-refractivity contribution in [3.8, 4) is 17.2 Å². The Balaban J connectivity index is 1.49. The van der Waals surface area contributed by atoms with Gasteiger partial charge in [0.05, 0.1) is 24.5 Å². The number of aliphatic hydroxyl groups is 1. The first kappa shape index (κ1) is 26.3. The number of unbranched alkanes of at least 4 members (excludes halogenated alkanes) is 2. The van der Waals surface area contributed by atoms with Crippen molar-refractivity contribution >= 4 is 17.4 Å². The molecule has 0 bridgehead atoms. The molecule has 0 radical (unpaired) electrons. The minimum Gasteiger partial charge on any atom is -0.507 e. The summed E-state index contributed by atoms with van der Waals surface area (Å²) < 4.78 is 19.1. The second kappa shape index (κ2) is 12.1. The number of aromatic nitrogens is 2. The zero-order valence-corrected chi connectivity index (χ0v) is 22.0. The van der Waals surface area contributed by atoms with Gasteiger partial charge >= 0.3 is 0 Å². The van der Waals surface area contributed by atoms with Crippen LogP contribution in [0.3, 0.4) is 0 Å². The summed E-state index contributed by atoms with van der Waals surface area (Å²) in [6.45, 7) is 4.52. The third-order valence-electron chi connectivity index (χ3n) is 6.92. The van der Waals surface area contributed by atoms with E-state index in [2.05, 4.69) is 11.9 Å². The van der Waals surface area contributed by atoms with E-state index in [0.717, 1.165) is 19.3 Å². The maximum absolute atomic E-state index is 13.4. The van der Waals surface area contributed by atoms with Crippen molar-refractivity contribution in [2.24, 2.45) is 0 Å². The van der Waals surface area contributed by atoms with Crippen molar-refractivity contribution in [3.63, 3.8) is 0 Å². The minimum atomic E-state index is -0.764. The summed E-state index contributed by atoms with van der Waals surface area (Å²) in [6.07, 6.45) is 8.99. The number of benzene rings is 2. The molecule has 1 atom stereocenters. The number of nitrogens with zero attached hydrogens (tertiary/aromatic N) is 3. The molecule has 2 aliphatic rings. The van der Waals surface area contributed by atoms with Crippen molar-refractivity contribution < 1.29 is 28.9 Å². The van der Waals surface area contributed by atoms with Crippen molar-refractivity contribution in [1.29, 1.82) is 0 Å². The van der Waals surface area contributed by atoms with Gasteiger partial charge in [-0.2, -0.15) is 0 Å². The summed E-state index contributed by atoms with van der Waals surface area (Å²) in [5, 5.41) is 11.4. The number of carbonyl (C=O) groups excluding carboxylic acids is 2. The highest BCUT2D eigenvalue weighted by Crippen LogP contribution is 2.41. The number of rotatable bonds is 11. The van der Waals surface area contributed by atoms with E-state index in [1.165, 1.54) is 0 Å². The monoisotopic (exact) mass is 531 g/mol. The zero-order valence-electron chi connectivity index (χ0n) is 22.0. The Bertz CT molecular complexity index is 1350. The average Bonchev–Trinajstić information content (AvgIpc) is 3.57. The Morgan fingerprint density at radius 2 is 1.90 bits per heavy atom. The molecule has 9 heteroatoms. The van der Waals surface area contributed by atoms with Crippen LogP contribution in [0.15, 0.2) is 66.8 Å². The number of aliphatic hydroxyl groups excluding tert-OH is 1. The van der Waals surface area contributed by atoms with Gasteiger partial charge in [-0.25, -0.2) is 4.98 Å². The first-order valence-corrected chi connectivity index (χ1v) is 13.4. The smallest absolute Gasteiger partial charge is 0.295 e. The van der Waals surface area contributed by atoms with Crippen LogP contribution in [0, 0.1) is 0 Å². The molecular weight excluding hydrogens is 498 g/mol. The summed E-state index contributed by atoms with van der Waals surface area (Å²) in [5.74, 6) is 0.109. The topological polar surface area (TPSA) is 103 Å². The van der Waals surface area contributed by atoms with Crippen molar-refractivity contribution in [1.82, 2.24) is 14.5 Å². The standard InChI is InChI=1S/C30H33N3O6/c1-2-3-4-15-37-23-8-5-7-21(18-23)27-26(28(34)22-9-10-24-25(19-22)39-17-16-38-24)29(35)30(36)33(27)13-6-12-32-14-11-31-20-32/h5,7-11,14,18-20,27,34H,2-4,6,12-13,15-17H2,1H3/t27-/m0/s1. The molecule has 0 saturated carbocycles. The molecule has 1 fully saturated rings. The number of ether oxygens (including phenoxy) is 3. The molecule has 0 unspecified atom stereocenters. The van der Waals surface area contributed by atoms with Gasteiger partial charge in [0.15, 0.2) is 11.5 Å². The van der Waals surface area contributed by atoms with E-state index in [4.69, 9.17) is 14.2 Å². The Morgan fingerprint density at radius 3 is 2.69 bits per heavy atom. The van der Waals surface area contributed by atoms with E-state index in [9.17, 15) is 14.7 Å². The van der Waals surface area contributed by atoms with E-state index < -0.39 is 17.7 Å². The van der Waals surface area contributed by atoms with Crippen LogP contribution >= 0.6 is 0 Å². The summed E-state index contributed by atoms with van der Waals surface area (Å²) in [7, 11) is 0. The fourth-order valence-corrected chi connectivity index (χ4v) is 4.96. The lowest BCUT2D eigenvalue weighted by Crippen LogP contribution is -2.31. The number of amides is 1. The number of ketones is 1. The van der Waals surface area contributed by atoms with Gasteiger partial charge in [0.2, 0.25) is 0 Å². The van der Waals surface area contributed by atoms with Crippen LogP contribution in [0.5, 0.6) is 17.2 Å². The van der Waals surface area contributed by atoms with Gasteiger partial charge in [-0.15, -0.1) is 0 Å². The largest absolute Gasteiger partial charge is 0.507 e. The molecule has 1 aromatic heterocycles. The van der Waals surface area contributed by atoms with Crippen LogP contribution in [-0.4, -0.2) is 57.6 Å². The van der Waals surface area contributed by atoms with Gasteiger partial charge in [-0.1, -0.05) is 31.9 Å². The Labute approximate surface area is 227 Å². The van der Waals surface area contributed by atoms with E-state index in [1.807, 2.05) is 35.0 Å². The molecule has 1 amide bonds. The number of hydrogen-bond acceptors (Lipinski definition) is 7. The first-order chi connectivity index (χ1) is 19.1. The zero-order chi connectivity index (χ0) is 27.2. The average molecular weight is 532 g/mol. The highest BCUT2D eigenvalue weighted by atomic mass is 16.6. The van der Waals surface area contributed by atoms with E-state index in [0.29, 0.717) is 67.7 Å². The number of fused-ring (bicyclic) bond motifs is 1. The summed E-state index contributed by atoms with van der Waals surface area (Å²) in [5.41, 5.74) is 1.12. The van der Waals surface area contributed by atoms with Gasteiger partial charge in [0.25, 0.3) is 11.7 Å². The van der Waals surface area contributed by atoms with E-state index in [-0.39, 0.29) is 11.3 Å². The highest BCUT2D eigenvalue weighted by molar-refractivity contribution is 6.46. The molecular formula is C30H33N3O6. The molecule has 1 saturated heterocycles. The number of carbonyl (C=O) groups is 2. The molecule has 3 aromatic rings. The summed E-state index contributed by atoms with van der Waals surface area (Å²) in [4.78, 5) is 32.3. The SMILES string of the molecule is CCCCCOc1cccc([C@H]2C(=C(O)c3ccc4c(c3)OCCO4)C(=O)C(=O)N2CCCn2ccnc2)c1. The number of aryl methyl sites for hydroxylation is 1. The van der Waals surface area contributed by atoms with Crippen molar-refractivity contribution in [3.05, 3.63) is 77.9 Å². The predicted octanol–water partition coefficient (Wildman–Crippen LogP) is 4.74. The molecule has 0 aliphatic carbocycles.